The van der Waals surface area contributed by atoms with Crippen LogP contribution >= 0.6 is 0 Å². The van der Waals surface area contributed by atoms with Gasteiger partial charge in [-0.1, -0.05) is 64.1 Å². The van der Waals surface area contributed by atoms with E-state index in [1.165, 1.54) is 13.1 Å². The topological polar surface area (TPSA) is 69.7 Å². The van der Waals surface area contributed by atoms with E-state index in [2.05, 4.69) is 44.2 Å². The van der Waals surface area contributed by atoms with Crippen LogP contribution in [0.15, 0.2) is 60.8 Å². The molecule has 1 aromatic heterocycles. The molecule has 6 nitrogen and oxygen atoms in total. The summed E-state index contributed by atoms with van der Waals surface area (Å²) >= 11 is 0. The molecule has 0 bridgehead atoms. The van der Waals surface area contributed by atoms with E-state index in [1.54, 1.807) is 42.5 Å². The fourth-order valence-corrected chi connectivity index (χ4v) is 5.92. The standard InChI is InChI=1S/C33H39F5N2O4Si/c1-20-26(24-15-16-25(34)27(35)28(24)42-18-21-11-9-8-10-12-21)29(44-32(20,5)33(36,37)38)30(41)40-22-13-14-23(39-17-22)19-43-45(6,7)31(2,3)4/h8-17,20,26,29H,18-19H2,1-7H3,(H,40,41)/t20-,26-,29+,32+/m0/s1. The van der Waals surface area contributed by atoms with Gasteiger partial charge in [0.2, 0.25) is 5.82 Å². The van der Waals surface area contributed by atoms with Crippen molar-refractivity contribution in [3.8, 4) is 5.75 Å². The van der Waals surface area contributed by atoms with Crippen LogP contribution in [0.4, 0.5) is 27.6 Å². The quantitative estimate of drug-likeness (QED) is 0.186. The van der Waals surface area contributed by atoms with Crippen LogP contribution in [-0.4, -0.2) is 37.1 Å². The highest BCUT2D eigenvalue weighted by atomic mass is 28.4. The van der Waals surface area contributed by atoms with Crippen molar-refractivity contribution in [3.63, 3.8) is 0 Å². The Morgan fingerprint density at radius 3 is 2.27 bits per heavy atom. The zero-order valence-electron chi connectivity index (χ0n) is 26.4. The number of ether oxygens (including phenoxy) is 2. The number of halogens is 5. The van der Waals surface area contributed by atoms with Gasteiger partial charge >= 0.3 is 6.18 Å². The Balaban J connectivity index is 1.62. The Labute approximate surface area is 261 Å². The first kappa shape index (κ1) is 34.5. The maximum atomic E-state index is 15.2. The van der Waals surface area contributed by atoms with Gasteiger partial charge < -0.3 is 19.2 Å². The monoisotopic (exact) mass is 650 g/mol. The van der Waals surface area contributed by atoms with Crippen molar-refractivity contribution in [2.24, 2.45) is 5.92 Å². The van der Waals surface area contributed by atoms with Gasteiger partial charge in [0.25, 0.3) is 5.91 Å². The molecule has 1 fully saturated rings. The Morgan fingerprint density at radius 1 is 1.02 bits per heavy atom. The zero-order valence-corrected chi connectivity index (χ0v) is 27.4. The molecule has 2 heterocycles. The van der Waals surface area contributed by atoms with Crippen LogP contribution in [-0.2, 0) is 27.2 Å². The molecule has 1 aliphatic heterocycles. The molecule has 244 valence electrons. The number of anilines is 1. The number of hydrogen-bond acceptors (Lipinski definition) is 5. The number of benzene rings is 2. The predicted octanol–water partition coefficient (Wildman–Crippen LogP) is 8.54. The maximum Gasteiger partial charge on any atom is 0.417 e. The molecule has 0 aliphatic carbocycles. The third-order valence-corrected chi connectivity index (χ3v) is 13.6. The van der Waals surface area contributed by atoms with Crippen LogP contribution in [0.1, 0.15) is 57.4 Å². The molecule has 1 N–H and O–H groups in total. The normalized spacial score (nSPS) is 22.4. The number of amides is 1. The first-order chi connectivity index (χ1) is 20.9. The van der Waals surface area contributed by atoms with Crippen LogP contribution in [0.5, 0.6) is 5.75 Å². The highest BCUT2D eigenvalue weighted by Crippen LogP contribution is 2.55. The number of nitrogens with zero attached hydrogens (tertiary/aromatic N) is 1. The lowest BCUT2D eigenvalue weighted by molar-refractivity contribution is -0.272. The number of carbonyl (C=O) groups excluding carboxylic acids is 1. The minimum atomic E-state index is -4.88. The van der Waals surface area contributed by atoms with Crippen LogP contribution in [0.3, 0.4) is 0 Å². The summed E-state index contributed by atoms with van der Waals surface area (Å²) in [4.78, 5) is 17.9. The SMILES string of the molecule is C[C@H]1[C@@H](c2ccc(F)c(F)c2OCc2ccccc2)[C@H](C(=O)Nc2ccc(CO[Si](C)(C)C(C)(C)C)nc2)O[C@@]1(C)C(F)(F)F. The largest absolute Gasteiger partial charge is 0.485 e. The zero-order chi connectivity index (χ0) is 33.4. The molecule has 1 saturated heterocycles. The maximum absolute atomic E-state index is 15.2. The lowest BCUT2D eigenvalue weighted by Gasteiger charge is -2.36. The molecule has 0 spiro atoms. The number of rotatable bonds is 9. The molecule has 2 aromatic carbocycles. The van der Waals surface area contributed by atoms with E-state index in [0.29, 0.717) is 11.3 Å². The van der Waals surface area contributed by atoms with Crippen molar-refractivity contribution in [2.75, 3.05) is 5.32 Å². The predicted molar refractivity (Wildman–Crippen MR) is 163 cm³/mol. The molecule has 0 saturated carbocycles. The van der Waals surface area contributed by atoms with E-state index in [-0.39, 0.29) is 29.5 Å². The van der Waals surface area contributed by atoms with Gasteiger partial charge in [-0.2, -0.15) is 17.6 Å². The average Bonchev–Trinajstić information content (AvgIpc) is 3.25. The minimum absolute atomic E-state index is 0.000673. The Bertz CT molecular complexity index is 1500. The summed E-state index contributed by atoms with van der Waals surface area (Å²) in [5.74, 6) is -6.80. The number of pyridine rings is 1. The molecule has 45 heavy (non-hydrogen) atoms. The van der Waals surface area contributed by atoms with Gasteiger partial charge in [0, 0.05) is 17.4 Å². The van der Waals surface area contributed by atoms with E-state index in [0.717, 1.165) is 19.1 Å². The van der Waals surface area contributed by atoms with E-state index in [4.69, 9.17) is 13.9 Å². The lowest BCUT2D eigenvalue weighted by atomic mass is 9.77. The van der Waals surface area contributed by atoms with Crippen LogP contribution < -0.4 is 10.1 Å². The molecule has 0 unspecified atom stereocenters. The summed E-state index contributed by atoms with van der Waals surface area (Å²) in [6, 6.07) is 13.8. The van der Waals surface area contributed by atoms with E-state index in [9.17, 15) is 22.4 Å². The second kappa shape index (κ2) is 12.8. The van der Waals surface area contributed by atoms with Gasteiger partial charge in [0.1, 0.15) is 12.7 Å². The highest BCUT2D eigenvalue weighted by molar-refractivity contribution is 6.74. The fraction of sp³-hybridized carbons (Fsp3) is 0.455. The van der Waals surface area contributed by atoms with Crippen LogP contribution in [0.2, 0.25) is 18.1 Å². The first-order valence-corrected chi connectivity index (χ1v) is 17.6. The minimum Gasteiger partial charge on any atom is -0.485 e. The molecule has 3 aromatic rings. The smallest absolute Gasteiger partial charge is 0.417 e. The number of carbonyl (C=O) groups is 1. The molecular weight excluding hydrogens is 611 g/mol. The second-order valence-electron chi connectivity index (χ2n) is 13.1. The molecule has 1 aliphatic rings. The number of alkyl halides is 3. The summed E-state index contributed by atoms with van der Waals surface area (Å²) in [7, 11) is -2.04. The second-order valence-corrected chi connectivity index (χ2v) is 17.9. The van der Waals surface area contributed by atoms with Crippen LogP contribution in [0, 0.1) is 17.6 Å². The first-order valence-electron chi connectivity index (χ1n) is 14.6. The molecule has 12 heteroatoms. The lowest BCUT2D eigenvalue weighted by Crippen LogP contribution is -2.47. The molecule has 4 atom stereocenters. The fourth-order valence-electron chi connectivity index (χ4n) is 4.98. The van der Waals surface area contributed by atoms with Gasteiger partial charge in [-0.3, -0.25) is 9.78 Å². The van der Waals surface area contributed by atoms with Crippen molar-refractivity contribution in [1.82, 2.24) is 4.98 Å². The number of aromatic nitrogens is 1. The molecule has 4 rings (SSSR count). The number of hydrogen-bond donors (Lipinski definition) is 1. The highest BCUT2D eigenvalue weighted by Gasteiger charge is 2.66. The summed E-state index contributed by atoms with van der Waals surface area (Å²) in [6.07, 6.45) is -5.22. The van der Waals surface area contributed by atoms with E-state index in [1.807, 2.05) is 0 Å². The number of nitrogens with one attached hydrogen (secondary N) is 1. The molecule has 1 amide bonds. The van der Waals surface area contributed by atoms with Crippen LogP contribution in [0.25, 0.3) is 0 Å². The Morgan fingerprint density at radius 2 is 1.69 bits per heavy atom. The Kier molecular flexibility index (Phi) is 9.82. The van der Waals surface area contributed by atoms with Crippen molar-refractivity contribution >= 4 is 19.9 Å². The molecular formula is C33H39F5N2O4Si. The van der Waals surface area contributed by atoms with Crippen molar-refractivity contribution in [3.05, 3.63) is 89.2 Å². The molecule has 0 radical (unpaired) electrons. The summed E-state index contributed by atoms with van der Waals surface area (Å²) < 4.78 is 90.2. The summed E-state index contributed by atoms with van der Waals surface area (Å²) in [5.41, 5.74) is -1.42. The third kappa shape index (κ3) is 7.23. The van der Waals surface area contributed by atoms with Crippen molar-refractivity contribution in [2.45, 2.75) is 89.8 Å². The van der Waals surface area contributed by atoms with Crippen molar-refractivity contribution < 1.29 is 40.6 Å². The van der Waals surface area contributed by atoms with Crippen molar-refractivity contribution in [1.29, 1.82) is 0 Å². The van der Waals surface area contributed by atoms with Gasteiger partial charge in [0.15, 0.2) is 25.5 Å². The van der Waals surface area contributed by atoms with Gasteiger partial charge in [-0.25, -0.2) is 4.39 Å². The average molecular weight is 651 g/mol. The summed E-state index contributed by atoms with van der Waals surface area (Å²) in [5, 5.41) is 2.59. The summed E-state index contributed by atoms with van der Waals surface area (Å²) in [6.45, 7) is 12.8. The third-order valence-electron chi connectivity index (χ3n) is 9.07. The van der Waals surface area contributed by atoms with Gasteiger partial charge in [0.05, 0.1) is 24.2 Å². The van der Waals surface area contributed by atoms with Gasteiger partial charge in [-0.15, -0.1) is 0 Å². The van der Waals surface area contributed by atoms with Gasteiger partial charge in [-0.05, 0) is 48.8 Å². The van der Waals surface area contributed by atoms with E-state index < -0.39 is 61.3 Å². The van der Waals surface area contributed by atoms with E-state index >= 15 is 4.39 Å². The Hall–Kier alpha value is -3.35.